The van der Waals surface area contributed by atoms with Crippen LogP contribution >= 0.6 is 0 Å². The van der Waals surface area contributed by atoms with Gasteiger partial charge in [0.25, 0.3) is 0 Å². The van der Waals surface area contributed by atoms with Crippen molar-refractivity contribution in [1.29, 1.82) is 0 Å². The Morgan fingerprint density at radius 2 is 1.91 bits per heavy atom. The topological polar surface area (TPSA) is 70.6 Å². The Labute approximate surface area is 134 Å². The van der Waals surface area contributed by atoms with Crippen LogP contribution < -0.4 is 0 Å². The lowest BCUT2D eigenvalue weighted by Crippen LogP contribution is -2.32. The van der Waals surface area contributed by atoms with Gasteiger partial charge < -0.3 is 10.4 Å². The van der Waals surface area contributed by atoms with Gasteiger partial charge in [0.2, 0.25) is 0 Å². The molecule has 0 radical (unpaired) electrons. The third kappa shape index (κ3) is 1.86. The van der Waals surface area contributed by atoms with Gasteiger partial charge in [-0.2, -0.15) is 4.73 Å². The fourth-order valence-corrected chi connectivity index (χ4v) is 3.77. The van der Waals surface area contributed by atoms with Crippen LogP contribution in [-0.4, -0.2) is 25.8 Å². The van der Waals surface area contributed by atoms with Crippen LogP contribution in [0.25, 0.3) is 22.2 Å². The van der Waals surface area contributed by atoms with Crippen molar-refractivity contribution in [2.24, 2.45) is 10.6 Å². The molecule has 3 aliphatic rings. The van der Waals surface area contributed by atoms with Crippen LogP contribution in [0.5, 0.6) is 0 Å². The summed E-state index contributed by atoms with van der Waals surface area (Å²) in [5.41, 5.74) is 5.48. The molecule has 5 nitrogen and oxygen atoms in total. The number of fused-ring (bicyclic) bond motifs is 5. The Balaban J connectivity index is 2.21. The van der Waals surface area contributed by atoms with Gasteiger partial charge in [0.1, 0.15) is 0 Å². The first-order chi connectivity index (χ1) is 10.9. The molecule has 0 unspecified atom stereocenters. The van der Waals surface area contributed by atoms with E-state index in [-0.39, 0.29) is 5.41 Å². The molecule has 0 bridgehead atoms. The molecule has 2 N–H and O–H groups in total. The van der Waals surface area contributed by atoms with Crippen molar-refractivity contribution >= 4 is 16.6 Å². The zero-order valence-corrected chi connectivity index (χ0v) is 13.5. The highest BCUT2D eigenvalue weighted by Gasteiger charge is 2.37. The zero-order valence-electron chi connectivity index (χ0n) is 13.5. The summed E-state index contributed by atoms with van der Waals surface area (Å²) in [4.78, 5) is 4.67. The third-order valence-electron chi connectivity index (χ3n) is 4.80. The van der Waals surface area contributed by atoms with Crippen molar-refractivity contribution in [3.63, 3.8) is 0 Å². The Morgan fingerprint density at radius 3 is 2.65 bits per heavy atom. The number of aromatic nitrogens is 2. The van der Waals surface area contributed by atoms with Crippen molar-refractivity contribution < 1.29 is 10.4 Å². The van der Waals surface area contributed by atoms with Crippen LogP contribution in [0.4, 0.5) is 0 Å². The molecule has 0 amide bonds. The highest BCUT2D eigenvalue weighted by atomic mass is 16.5. The second-order valence-corrected chi connectivity index (χ2v) is 7.14. The lowest BCUT2D eigenvalue weighted by atomic mass is 9.73. The lowest BCUT2D eigenvalue weighted by Gasteiger charge is -2.34. The smallest absolute Gasteiger partial charge is 0.0950 e. The van der Waals surface area contributed by atoms with Gasteiger partial charge in [-0.05, 0) is 31.2 Å². The van der Waals surface area contributed by atoms with Crippen molar-refractivity contribution in [3.8, 4) is 11.3 Å². The molecule has 0 spiro atoms. The predicted molar refractivity (Wildman–Crippen MR) is 88.7 cm³/mol. The molecule has 0 saturated heterocycles. The largest absolute Gasteiger partial charge is 0.428 e. The van der Waals surface area contributed by atoms with Gasteiger partial charge in [0.15, 0.2) is 0 Å². The average molecular weight is 309 g/mol. The number of para-hydroxylation sites is 1. The number of benzene rings is 1. The van der Waals surface area contributed by atoms with Crippen molar-refractivity contribution in [1.82, 2.24) is 9.71 Å². The quantitative estimate of drug-likeness (QED) is 0.376. The Hall–Kier alpha value is -2.56. The summed E-state index contributed by atoms with van der Waals surface area (Å²) in [7, 11) is 0. The van der Waals surface area contributed by atoms with Gasteiger partial charge in [-0.3, -0.25) is 0 Å². The van der Waals surface area contributed by atoms with Gasteiger partial charge in [-0.15, -0.1) is 0 Å². The first-order valence-corrected chi connectivity index (χ1v) is 7.76. The summed E-state index contributed by atoms with van der Waals surface area (Å²) in [5, 5.41) is 24.8. The van der Waals surface area contributed by atoms with Crippen LogP contribution in [0, 0.1) is 12.3 Å². The highest BCUT2D eigenvalue weighted by molar-refractivity contribution is 6.14. The second-order valence-electron chi connectivity index (χ2n) is 7.14. The number of oxime groups is 1. The van der Waals surface area contributed by atoms with Crippen LogP contribution in [0.1, 0.15) is 37.2 Å². The standard InChI is InChI=1S/C18H19N3O2/c1-10-17-15(11-6-4-5-7-12(11)19-17)16-13(20-22)8-18(2,3)9-14(16)21(10)23/h4-7,22-23H,8-9H2,1-3H3/b20-13-. The second kappa shape index (κ2) is 4.47. The van der Waals surface area contributed by atoms with E-state index < -0.39 is 0 Å². The number of rotatable bonds is 0. The molecular weight excluding hydrogens is 290 g/mol. The fourth-order valence-electron chi connectivity index (χ4n) is 3.77. The van der Waals surface area contributed by atoms with Gasteiger partial charge in [0, 0.05) is 16.5 Å². The van der Waals surface area contributed by atoms with Crippen LogP contribution in [0.2, 0.25) is 0 Å². The summed E-state index contributed by atoms with van der Waals surface area (Å²) >= 11 is 0. The first-order valence-electron chi connectivity index (χ1n) is 7.76. The molecule has 0 fully saturated rings. The number of pyridine rings is 1. The SMILES string of the molecule is Cc1c2nc3ccccc3c-2c2c(n1O)CC(C)(C)C/C2=N/O. The van der Waals surface area contributed by atoms with E-state index in [0.717, 1.165) is 33.4 Å². The minimum Gasteiger partial charge on any atom is -0.428 e. The predicted octanol–water partition coefficient (Wildman–Crippen LogP) is 3.84. The molecule has 0 saturated carbocycles. The summed E-state index contributed by atoms with van der Waals surface area (Å²) in [5.74, 6) is 0. The molecule has 1 aliphatic carbocycles. The summed E-state index contributed by atoms with van der Waals surface area (Å²) < 4.78 is 1.22. The molecule has 2 aliphatic heterocycles. The van der Waals surface area contributed by atoms with Crippen LogP contribution in [-0.2, 0) is 6.42 Å². The van der Waals surface area contributed by atoms with E-state index in [9.17, 15) is 10.4 Å². The van der Waals surface area contributed by atoms with Crippen LogP contribution in [0.15, 0.2) is 29.4 Å². The van der Waals surface area contributed by atoms with E-state index in [1.807, 2.05) is 31.2 Å². The van der Waals surface area contributed by atoms with Gasteiger partial charge in [-0.25, -0.2) is 4.98 Å². The lowest BCUT2D eigenvalue weighted by molar-refractivity contribution is 0.158. The molecule has 1 aromatic rings. The minimum atomic E-state index is -0.0744. The molecule has 0 atom stereocenters. The number of hydrogen-bond donors (Lipinski definition) is 2. The van der Waals surface area contributed by atoms with E-state index in [1.165, 1.54) is 4.73 Å². The van der Waals surface area contributed by atoms with Gasteiger partial charge >= 0.3 is 0 Å². The highest BCUT2D eigenvalue weighted by Crippen LogP contribution is 2.44. The molecule has 4 rings (SSSR count). The Morgan fingerprint density at radius 1 is 1.17 bits per heavy atom. The van der Waals surface area contributed by atoms with E-state index in [4.69, 9.17) is 0 Å². The van der Waals surface area contributed by atoms with Crippen molar-refractivity contribution in [2.75, 3.05) is 0 Å². The monoisotopic (exact) mass is 309 g/mol. The number of nitrogens with zero attached hydrogens (tertiary/aromatic N) is 3. The third-order valence-corrected chi connectivity index (χ3v) is 4.80. The molecule has 23 heavy (non-hydrogen) atoms. The molecule has 1 aromatic carbocycles. The maximum absolute atomic E-state index is 10.7. The van der Waals surface area contributed by atoms with Crippen LogP contribution in [0.3, 0.4) is 0 Å². The fraction of sp³-hybridized carbons (Fsp3) is 0.333. The molecule has 5 heteroatoms. The Bertz CT molecular complexity index is 937. The average Bonchev–Trinajstić information content (AvgIpc) is 2.90. The molecule has 118 valence electrons. The molecule has 2 heterocycles. The summed E-state index contributed by atoms with van der Waals surface area (Å²) in [6, 6.07) is 7.92. The summed E-state index contributed by atoms with van der Waals surface area (Å²) in [6.07, 6.45) is 1.38. The maximum atomic E-state index is 10.7. The number of hydrogen-bond acceptors (Lipinski definition) is 4. The van der Waals surface area contributed by atoms with Crippen molar-refractivity contribution in [3.05, 3.63) is 41.2 Å². The normalized spacial score (nSPS) is 18.7. The van der Waals surface area contributed by atoms with Crippen molar-refractivity contribution in [2.45, 2.75) is 33.6 Å². The summed E-state index contributed by atoms with van der Waals surface area (Å²) in [6.45, 7) is 6.09. The van der Waals surface area contributed by atoms with E-state index in [2.05, 4.69) is 24.0 Å². The minimum absolute atomic E-state index is 0.0744. The Kier molecular flexibility index (Phi) is 2.73. The first kappa shape index (κ1) is 14.1. The van der Waals surface area contributed by atoms with Gasteiger partial charge in [-0.1, -0.05) is 37.2 Å². The van der Waals surface area contributed by atoms with E-state index in [1.54, 1.807) is 0 Å². The zero-order chi connectivity index (χ0) is 16.4. The molecule has 0 aromatic heterocycles. The van der Waals surface area contributed by atoms with E-state index >= 15 is 0 Å². The maximum Gasteiger partial charge on any atom is 0.0950 e. The van der Waals surface area contributed by atoms with Gasteiger partial charge in [0.05, 0.1) is 28.3 Å². The molecular formula is C18H19N3O2. The van der Waals surface area contributed by atoms with E-state index in [0.29, 0.717) is 24.2 Å².